The first-order chi connectivity index (χ1) is 13.8. The van der Waals surface area contributed by atoms with E-state index in [0.29, 0.717) is 11.9 Å². The number of amides is 1. The Hall–Kier alpha value is -1.72. The number of aromatic nitrogens is 1. The van der Waals surface area contributed by atoms with Crippen molar-refractivity contribution in [3.63, 3.8) is 0 Å². The molecule has 1 aromatic carbocycles. The minimum atomic E-state index is 0.0431. The first kappa shape index (κ1) is 18.3. The van der Waals surface area contributed by atoms with Crippen molar-refractivity contribution in [2.75, 3.05) is 19.6 Å². The summed E-state index contributed by atoms with van der Waals surface area (Å²) in [6, 6.07) is 8.90. The summed E-state index contributed by atoms with van der Waals surface area (Å²) in [4.78, 5) is 20.4. The molecule has 4 nitrogen and oxygen atoms in total. The number of benzene rings is 1. The van der Waals surface area contributed by atoms with Crippen LogP contribution in [0, 0.1) is 11.8 Å². The lowest BCUT2D eigenvalue weighted by Gasteiger charge is -2.37. The van der Waals surface area contributed by atoms with Gasteiger partial charge in [-0.2, -0.15) is 0 Å². The Morgan fingerprint density at radius 3 is 2.68 bits per heavy atom. The molecule has 2 aromatic rings. The van der Waals surface area contributed by atoms with Crippen LogP contribution in [0.3, 0.4) is 0 Å². The number of thiazole rings is 1. The van der Waals surface area contributed by atoms with Gasteiger partial charge in [-0.3, -0.25) is 4.79 Å². The van der Waals surface area contributed by atoms with Crippen LogP contribution in [0.2, 0.25) is 0 Å². The van der Waals surface area contributed by atoms with Gasteiger partial charge in [-0.05, 0) is 63.1 Å². The van der Waals surface area contributed by atoms with Crippen LogP contribution in [-0.2, 0) is 4.79 Å². The number of nitrogens with zero attached hydrogens (tertiary/aromatic N) is 2. The van der Waals surface area contributed by atoms with Gasteiger partial charge in [0.2, 0.25) is 5.91 Å². The van der Waals surface area contributed by atoms with Crippen LogP contribution >= 0.6 is 11.3 Å². The summed E-state index contributed by atoms with van der Waals surface area (Å²) < 4.78 is 1.22. The van der Waals surface area contributed by atoms with E-state index in [4.69, 9.17) is 4.98 Å². The van der Waals surface area contributed by atoms with E-state index in [0.717, 1.165) is 55.2 Å². The minimum absolute atomic E-state index is 0.0431. The molecule has 0 bridgehead atoms. The van der Waals surface area contributed by atoms with Gasteiger partial charge in [-0.25, -0.2) is 4.98 Å². The number of fused-ring (bicyclic) bond motifs is 1. The Morgan fingerprint density at radius 1 is 1.11 bits per heavy atom. The largest absolute Gasteiger partial charge is 0.342 e. The van der Waals surface area contributed by atoms with Crippen LogP contribution in [0.25, 0.3) is 10.2 Å². The second kappa shape index (κ2) is 7.96. The Bertz CT molecular complexity index is 831. The topological polar surface area (TPSA) is 45.2 Å². The molecule has 5 heteroatoms. The zero-order chi connectivity index (χ0) is 18.9. The molecule has 1 saturated heterocycles. The SMILES string of the molecule is O=C(C1CC=CCC1c1nc2ccccc2s1)N1CCC(NCC2CC2)CC1. The van der Waals surface area contributed by atoms with Crippen molar-refractivity contribution in [2.24, 2.45) is 11.8 Å². The Balaban J connectivity index is 1.25. The molecule has 1 aliphatic heterocycles. The van der Waals surface area contributed by atoms with Crippen LogP contribution in [-0.4, -0.2) is 41.5 Å². The monoisotopic (exact) mass is 395 g/mol. The summed E-state index contributed by atoms with van der Waals surface area (Å²) >= 11 is 1.76. The summed E-state index contributed by atoms with van der Waals surface area (Å²) in [5.74, 6) is 1.53. The third-order valence-corrected chi connectivity index (χ3v) is 7.74. The summed E-state index contributed by atoms with van der Waals surface area (Å²) in [5.41, 5.74) is 1.06. The molecule has 5 rings (SSSR count). The van der Waals surface area contributed by atoms with E-state index in [1.165, 1.54) is 24.1 Å². The Labute approximate surface area is 171 Å². The highest BCUT2D eigenvalue weighted by Gasteiger charge is 2.36. The fourth-order valence-electron chi connectivity index (χ4n) is 4.60. The number of para-hydroxylation sites is 1. The van der Waals surface area contributed by atoms with E-state index in [1.54, 1.807) is 11.3 Å². The number of piperidine rings is 1. The summed E-state index contributed by atoms with van der Waals surface area (Å²) in [5, 5.41) is 4.84. The molecular formula is C23H29N3OS. The van der Waals surface area contributed by atoms with Crippen molar-refractivity contribution in [2.45, 2.75) is 50.5 Å². The van der Waals surface area contributed by atoms with Crippen molar-refractivity contribution >= 4 is 27.5 Å². The Kier molecular flexibility index (Phi) is 5.20. The lowest BCUT2D eigenvalue weighted by Crippen LogP contribution is -2.48. The summed E-state index contributed by atoms with van der Waals surface area (Å²) in [7, 11) is 0. The van der Waals surface area contributed by atoms with Crippen molar-refractivity contribution in [1.82, 2.24) is 15.2 Å². The third-order valence-electron chi connectivity index (χ3n) is 6.58. The van der Waals surface area contributed by atoms with Gasteiger partial charge in [-0.15, -0.1) is 11.3 Å². The molecule has 0 spiro atoms. The molecule has 1 amide bonds. The van der Waals surface area contributed by atoms with E-state index >= 15 is 0 Å². The number of hydrogen-bond donors (Lipinski definition) is 1. The van der Waals surface area contributed by atoms with E-state index in [1.807, 2.05) is 6.07 Å². The molecule has 1 aromatic heterocycles. The maximum atomic E-state index is 13.4. The van der Waals surface area contributed by atoms with Gasteiger partial charge in [0.05, 0.1) is 21.1 Å². The van der Waals surface area contributed by atoms with Crippen molar-refractivity contribution < 1.29 is 4.79 Å². The molecule has 1 saturated carbocycles. The predicted octanol–water partition coefficient (Wildman–Crippen LogP) is 4.34. The van der Waals surface area contributed by atoms with Crippen LogP contribution in [0.1, 0.15) is 49.5 Å². The average molecular weight is 396 g/mol. The first-order valence-corrected chi connectivity index (χ1v) is 11.6. The highest BCUT2D eigenvalue weighted by Crippen LogP contribution is 2.39. The van der Waals surface area contributed by atoms with Crippen LogP contribution in [0.4, 0.5) is 0 Å². The number of carbonyl (C=O) groups is 1. The zero-order valence-corrected chi connectivity index (χ0v) is 17.2. The number of allylic oxidation sites excluding steroid dienone is 2. The standard InChI is InChI=1S/C23H29N3OS/c27-23(26-13-11-17(12-14-26)24-15-16-9-10-16)19-6-2-1-5-18(19)22-25-20-7-3-4-8-21(20)28-22/h1-4,7-8,16-19,24H,5-6,9-15H2. The third kappa shape index (κ3) is 3.87. The van der Waals surface area contributed by atoms with Gasteiger partial charge in [0.15, 0.2) is 0 Å². The molecule has 0 radical (unpaired) electrons. The zero-order valence-electron chi connectivity index (χ0n) is 16.3. The number of likely N-dealkylation sites (tertiary alicyclic amines) is 1. The normalized spacial score (nSPS) is 26.1. The van der Waals surface area contributed by atoms with E-state index in [9.17, 15) is 4.79 Å². The van der Waals surface area contributed by atoms with Crippen LogP contribution in [0.15, 0.2) is 36.4 Å². The lowest BCUT2D eigenvalue weighted by atomic mass is 9.82. The van der Waals surface area contributed by atoms with Crippen LogP contribution in [0.5, 0.6) is 0 Å². The fourth-order valence-corrected chi connectivity index (χ4v) is 5.75. The lowest BCUT2D eigenvalue weighted by molar-refractivity contribution is -0.137. The van der Waals surface area contributed by atoms with Crippen molar-refractivity contribution in [3.05, 3.63) is 41.4 Å². The molecule has 1 N–H and O–H groups in total. The highest BCUT2D eigenvalue weighted by molar-refractivity contribution is 7.18. The fraction of sp³-hybridized carbons (Fsp3) is 0.565. The maximum absolute atomic E-state index is 13.4. The van der Waals surface area contributed by atoms with Gasteiger partial charge in [0, 0.05) is 25.0 Å². The van der Waals surface area contributed by atoms with E-state index in [2.05, 4.69) is 40.6 Å². The number of nitrogens with one attached hydrogen (secondary N) is 1. The number of hydrogen-bond acceptors (Lipinski definition) is 4. The van der Waals surface area contributed by atoms with Gasteiger partial charge in [0.1, 0.15) is 0 Å². The second-order valence-electron chi connectivity index (χ2n) is 8.63. The molecule has 2 heterocycles. The van der Waals surface area contributed by atoms with Gasteiger partial charge < -0.3 is 10.2 Å². The van der Waals surface area contributed by atoms with Gasteiger partial charge >= 0.3 is 0 Å². The summed E-state index contributed by atoms with van der Waals surface area (Å²) in [6.45, 7) is 2.97. The first-order valence-electron chi connectivity index (χ1n) is 10.8. The number of rotatable bonds is 5. The molecular weight excluding hydrogens is 366 g/mol. The van der Waals surface area contributed by atoms with E-state index in [-0.39, 0.29) is 11.8 Å². The number of carbonyl (C=O) groups excluding carboxylic acids is 1. The predicted molar refractivity (Wildman–Crippen MR) is 115 cm³/mol. The van der Waals surface area contributed by atoms with Crippen molar-refractivity contribution in [1.29, 1.82) is 0 Å². The van der Waals surface area contributed by atoms with Crippen molar-refractivity contribution in [3.8, 4) is 0 Å². The Morgan fingerprint density at radius 2 is 1.89 bits per heavy atom. The van der Waals surface area contributed by atoms with Crippen LogP contribution < -0.4 is 5.32 Å². The molecule has 148 valence electrons. The molecule has 2 atom stereocenters. The molecule has 2 fully saturated rings. The van der Waals surface area contributed by atoms with Gasteiger partial charge in [-0.1, -0.05) is 24.3 Å². The molecule has 2 aliphatic carbocycles. The molecule has 28 heavy (non-hydrogen) atoms. The minimum Gasteiger partial charge on any atom is -0.342 e. The summed E-state index contributed by atoms with van der Waals surface area (Å²) in [6.07, 6.45) is 11.2. The average Bonchev–Trinajstić information content (AvgIpc) is 3.48. The quantitative estimate of drug-likeness (QED) is 0.766. The molecule has 2 unspecified atom stereocenters. The highest BCUT2D eigenvalue weighted by atomic mass is 32.1. The van der Waals surface area contributed by atoms with Gasteiger partial charge in [0.25, 0.3) is 0 Å². The smallest absolute Gasteiger partial charge is 0.226 e. The maximum Gasteiger partial charge on any atom is 0.226 e. The molecule has 3 aliphatic rings. The van der Waals surface area contributed by atoms with E-state index < -0.39 is 0 Å². The second-order valence-corrected chi connectivity index (χ2v) is 9.69.